The number of hydrogen-bond donors (Lipinski definition) is 1. The first-order valence-corrected chi connectivity index (χ1v) is 9.58. The molecular formula is C20H25NO3S. The number of Topliss-reactive ketones (excluding diaryl/α,β-unsaturated/α-hetero) is 1. The molecule has 0 bridgehead atoms. The summed E-state index contributed by atoms with van der Waals surface area (Å²) in [5, 5.41) is 12.2. The lowest BCUT2D eigenvalue weighted by molar-refractivity contribution is -0.146. The maximum atomic E-state index is 12.4. The summed E-state index contributed by atoms with van der Waals surface area (Å²) in [5.41, 5.74) is 2.95. The summed E-state index contributed by atoms with van der Waals surface area (Å²) in [6.45, 7) is 5.99. The molecule has 1 heterocycles. The topological polar surface area (TPSA) is 67.3 Å². The van der Waals surface area contributed by atoms with E-state index < -0.39 is 11.9 Å². The van der Waals surface area contributed by atoms with E-state index >= 15 is 0 Å². The number of aliphatic carboxylic acids is 1. The number of nitrogens with zero attached hydrogens (tertiary/aromatic N) is 1. The predicted octanol–water partition coefficient (Wildman–Crippen LogP) is 4.76. The van der Waals surface area contributed by atoms with Gasteiger partial charge in [0.25, 0.3) is 0 Å². The van der Waals surface area contributed by atoms with Crippen molar-refractivity contribution in [2.45, 2.75) is 46.5 Å². The van der Waals surface area contributed by atoms with Crippen LogP contribution in [0.25, 0.3) is 10.6 Å². The molecule has 0 radical (unpaired) electrons. The van der Waals surface area contributed by atoms with Crippen LogP contribution < -0.4 is 0 Å². The highest BCUT2D eigenvalue weighted by Gasteiger charge is 2.28. The molecule has 0 aliphatic carbocycles. The zero-order chi connectivity index (χ0) is 18.4. The van der Waals surface area contributed by atoms with E-state index in [1.165, 1.54) is 16.9 Å². The lowest BCUT2D eigenvalue weighted by Gasteiger charge is -2.20. The Balaban J connectivity index is 2.03. The summed E-state index contributed by atoms with van der Waals surface area (Å²) in [4.78, 5) is 28.4. The maximum absolute atomic E-state index is 12.4. The number of carbonyl (C=O) groups is 2. The molecule has 0 aliphatic heterocycles. The van der Waals surface area contributed by atoms with E-state index in [-0.39, 0.29) is 24.5 Å². The van der Waals surface area contributed by atoms with E-state index in [0.717, 1.165) is 29.1 Å². The van der Waals surface area contributed by atoms with E-state index in [4.69, 9.17) is 0 Å². The summed E-state index contributed by atoms with van der Waals surface area (Å²) < 4.78 is 0. The molecule has 25 heavy (non-hydrogen) atoms. The van der Waals surface area contributed by atoms with Crippen LogP contribution in [0.15, 0.2) is 29.6 Å². The third-order valence-corrected chi connectivity index (χ3v) is 5.55. The van der Waals surface area contributed by atoms with Crippen LogP contribution >= 0.6 is 11.3 Å². The fraction of sp³-hybridized carbons (Fsp3) is 0.450. The van der Waals surface area contributed by atoms with E-state index in [1.54, 1.807) is 0 Å². The number of hydrogen-bond acceptors (Lipinski definition) is 4. The fourth-order valence-corrected chi connectivity index (χ4v) is 3.88. The van der Waals surface area contributed by atoms with Gasteiger partial charge in [-0.05, 0) is 12.8 Å². The molecule has 4 nitrogen and oxygen atoms in total. The van der Waals surface area contributed by atoms with Crippen molar-refractivity contribution < 1.29 is 14.7 Å². The highest BCUT2D eigenvalue weighted by atomic mass is 32.1. The van der Waals surface area contributed by atoms with E-state index in [9.17, 15) is 14.7 Å². The van der Waals surface area contributed by atoms with Gasteiger partial charge in [-0.2, -0.15) is 0 Å². The van der Waals surface area contributed by atoms with Gasteiger partial charge in [0.05, 0.1) is 11.6 Å². The highest BCUT2D eigenvalue weighted by Crippen LogP contribution is 2.26. The van der Waals surface area contributed by atoms with Crippen molar-refractivity contribution in [1.82, 2.24) is 4.98 Å². The fourth-order valence-electron chi connectivity index (χ4n) is 3.05. The largest absolute Gasteiger partial charge is 0.481 e. The molecule has 2 rings (SSSR count). The SMILES string of the molecule is CCC(CC)C(CC(=O)Cc1csc(-c2ccc(C)cc2)n1)C(=O)O. The lowest BCUT2D eigenvalue weighted by Crippen LogP contribution is -2.26. The van der Waals surface area contributed by atoms with Crippen LogP contribution in [-0.2, 0) is 16.0 Å². The van der Waals surface area contributed by atoms with Crippen LogP contribution in [0.3, 0.4) is 0 Å². The third kappa shape index (κ3) is 5.23. The van der Waals surface area contributed by atoms with Gasteiger partial charge in [0, 0.05) is 23.8 Å². The Labute approximate surface area is 152 Å². The van der Waals surface area contributed by atoms with Gasteiger partial charge < -0.3 is 5.11 Å². The number of carboxylic acid groups (broad SMARTS) is 1. The molecule has 0 spiro atoms. The van der Waals surface area contributed by atoms with Gasteiger partial charge in [0.2, 0.25) is 0 Å². The zero-order valence-electron chi connectivity index (χ0n) is 15.0. The van der Waals surface area contributed by atoms with E-state index in [2.05, 4.69) is 4.98 Å². The molecule has 1 aromatic carbocycles. The second-order valence-corrected chi connectivity index (χ2v) is 7.31. The summed E-state index contributed by atoms with van der Waals surface area (Å²) >= 11 is 1.51. The molecular weight excluding hydrogens is 334 g/mol. The number of carbonyl (C=O) groups excluding carboxylic acids is 1. The van der Waals surface area contributed by atoms with Crippen molar-refractivity contribution in [2.24, 2.45) is 11.8 Å². The Morgan fingerprint density at radius 1 is 1.16 bits per heavy atom. The second kappa shape index (κ2) is 8.90. The van der Waals surface area contributed by atoms with Crippen LogP contribution in [0.5, 0.6) is 0 Å². The molecule has 1 N–H and O–H groups in total. The van der Waals surface area contributed by atoms with Crippen molar-refractivity contribution in [3.63, 3.8) is 0 Å². The van der Waals surface area contributed by atoms with Gasteiger partial charge in [-0.15, -0.1) is 11.3 Å². The number of thiazole rings is 1. The zero-order valence-corrected chi connectivity index (χ0v) is 15.8. The minimum absolute atomic E-state index is 0.0417. The number of carboxylic acids is 1. The average molecular weight is 359 g/mol. The summed E-state index contributed by atoms with van der Waals surface area (Å²) in [5.74, 6) is -1.49. The molecule has 134 valence electrons. The number of aryl methyl sites for hydroxylation is 1. The minimum atomic E-state index is -0.874. The van der Waals surface area contributed by atoms with Gasteiger partial charge in [0.1, 0.15) is 10.8 Å². The van der Waals surface area contributed by atoms with Crippen LogP contribution in [-0.4, -0.2) is 21.8 Å². The van der Waals surface area contributed by atoms with Crippen LogP contribution in [0.4, 0.5) is 0 Å². The second-order valence-electron chi connectivity index (χ2n) is 6.45. The molecule has 0 amide bonds. The molecule has 1 aromatic heterocycles. The lowest BCUT2D eigenvalue weighted by atomic mass is 9.84. The Hall–Kier alpha value is -2.01. The van der Waals surface area contributed by atoms with Gasteiger partial charge in [-0.1, -0.05) is 56.5 Å². The monoisotopic (exact) mass is 359 g/mol. The number of benzene rings is 1. The molecule has 5 heteroatoms. The molecule has 0 aliphatic rings. The van der Waals surface area contributed by atoms with Crippen molar-refractivity contribution in [1.29, 1.82) is 0 Å². The Bertz CT molecular complexity index is 717. The first-order valence-electron chi connectivity index (χ1n) is 8.70. The Morgan fingerprint density at radius 3 is 2.36 bits per heavy atom. The first kappa shape index (κ1) is 19.3. The molecule has 0 saturated carbocycles. The van der Waals surface area contributed by atoms with Crippen molar-refractivity contribution in [3.05, 3.63) is 40.9 Å². The maximum Gasteiger partial charge on any atom is 0.307 e. The van der Waals surface area contributed by atoms with Gasteiger partial charge in [0.15, 0.2) is 0 Å². The summed E-state index contributed by atoms with van der Waals surface area (Å²) in [7, 11) is 0. The van der Waals surface area contributed by atoms with E-state index in [0.29, 0.717) is 0 Å². The van der Waals surface area contributed by atoms with Crippen LogP contribution in [0.2, 0.25) is 0 Å². The van der Waals surface area contributed by atoms with E-state index in [1.807, 2.05) is 50.4 Å². The smallest absolute Gasteiger partial charge is 0.307 e. The average Bonchev–Trinajstić information content (AvgIpc) is 3.03. The van der Waals surface area contributed by atoms with Gasteiger partial charge >= 0.3 is 5.97 Å². The van der Waals surface area contributed by atoms with Gasteiger partial charge in [-0.25, -0.2) is 4.98 Å². The normalized spacial score (nSPS) is 12.3. The minimum Gasteiger partial charge on any atom is -0.481 e. The molecule has 1 unspecified atom stereocenters. The standard InChI is InChI=1S/C20H25NO3S/c1-4-14(5-2)18(20(23)24)11-17(22)10-16-12-25-19(21-16)15-8-6-13(3)7-9-15/h6-9,12,14,18H,4-5,10-11H2,1-3H3,(H,23,24). The molecule has 0 fully saturated rings. The van der Waals surface area contributed by atoms with Crippen molar-refractivity contribution in [3.8, 4) is 10.6 Å². The van der Waals surface area contributed by atoms with Crippen LogP contribution in [0.1, 0.15) is 44.4 Å². The highest BCUT2D eigenvalue weighted by molar-refractivity contribution is 7.13. The van der Waals surface area contributed by atoms with Gasteiger partial charge in [-0.3, -0.25) is 9.59 Å². The molecule has 2 aromatic rings. The predicted molar refractivity (Wildman–Crippen MR) is 101 cm³/mol. The Kier molecular flexibility index (Phi) is 6.88. The molecule has 0 saturated heterocycles. The molecule has 1 atom stereocenters. The van der Waals surface area contributed by atoms with Crippen molar-refractivity contribution in [2.75, 3.05) is 0 Å². The number of aromatic nitrogens is 1. The number of rotatable bonds is 9. The van der Waals surface area contributed by atoms with Crippen molar-refractivity contribution >= 4 is 23.1 Å². The first-order chi connectivity index (χ1) is 11.9. The van der Waals surface area contributed by atoms with Crippen LogP contribution in [0, 0.1) is 18.8 Å². The summed E-state index contributed by atoms with van der Waals surface area (Å²) in [6.07, 6.45) is 1.83. The quantitative estimate of drug-likeness (QED) is 0.701. The third-order valence-electron chi connectivity index (χ3n) is 4.61. The Morgan fingerprint density at radius 2 is 1.80 bits per heavy atom. The summed E-state index contributed by atoms with van der Waals surface area (Å²) in [6, 6.07) is 8.12. The number of ketones is 1.